The third-order valence-corrected chi connectivity index (χ3v) is 2.81. The van der Waals surface area contributed by atoms with Gasteiger partial charge >= 0.3 is 0 Å². The number of anilines is 1. The van der Waals surface area contributed by atoms with Crippen LogP contribution in [0, 0.1) is 0 Å². The van der Waals surface area contributed by atoms with Gasteiger partial charge in [-0.15, -0.1) is 0 Å². The second-order valence-corrected chi connectivity index (χ2v) is 4.35. The Morgan fingerprint density at radius 3 is 2.95 bits per heavy atom. The van der Waals surface area contributed by atoms with Gasteiger partial charge in [0.15, 0.2) is 11.5 Å². The first-order valence-electron chi connectivity index (χ1n) is 6.35. The van der Waals surface area contributed by atoms with Crippen molar-refractivity contribution in [1.82, 2.24) is 9.78 Å². The summed E-state index contributed by atoms with van der Waals surface area (Å²) in [5.74, 6) is 0.607. The van der Waals surface area contributed by atoms with Gasteiger partial charge < -0.3 is 15.2 Å². The van der Waals surface area contributed by atoms with Gasteiger partial charge in [-0.1, -0.05) is 6.92 Å². The van der Waals surface area contributed by atoms with Crippen molar-refractivity contribution in [2.24, 2.45) is 0 Å². The minimum atomic E-state index is 0.133. The molecule has 2 rings (SSSR count). The van der Waals surface area contributed by atoms with Crippen LogP contribution < -0.4 is 10.1 Å². The first-order chi connectivity index (χ1) is 9.22. The summed E-state index contributed by atoms with van der Waals surface area (Å²) in [6.07, 6.45) is 4.95. The average molecular weight is 261 g/mol. The fourth-order valence-electron chi connectivity index (χ4n) is 1.85. The monoisotopic (exact) mass is 261 g/mol. The standard InChI is InChI=1S/C14H19N3O2/c1-3-6-17-10-11(9-16-17)8-15-12-4-5-14(19-2)13(18)7-12/h4-5,7,9-10,15,18H,3,6,8H2,1-2H3. The number of nitrogens with one attached hydrogen (secondary N) is 1. The van der Waals surface area contributed by atoms with Crippen molar-refractivity contribution >= 4 is 5.69 Å². The van der Waals surface area contributed by atoms with E-state index in [-0.39, 0.29) is 5.75 Å². The van der Waals surface area contributed by atoms with E-state index in [1.54, 1.807) is 12.1 Å². The van der Waals surface area contributed by atoms with Gasteiger partial charge in [-0.25, -0.2) is 0 Å². The molecule has 0 fully saturated rings. The van der Waals surface area contributed by atoms with Gasteiger partial charge in [0.1, 0.15) is 0 Å². The molecule has 1 aromatic carbocycles. The summed E-state index contributed by atoms with van der Waals surface area (Å²) in [5, 5.41) is 17.2. The van der Waals surface area contributed by atoms with E-state index in [9.17, 15) is 5.11 Å². The topological polar surface area (TPSA) is 59.3 Å². The van der Waals surface area contributed by atoms with Crippen LogP contribution >= 0.6 is 0 Å². The molecule has 0 atom stereocenters. The van der Waals surface area contributed by atoms with Crippen LogP contribution in [0.25, 0.3) is 0 Å². The second-order valence-electron chi connectivity index (χ2n) is 4.35. The smallest absolute Gasteiger partial charge is 0.160 e. The minimum Gasteiger partial charge on any atom is -0.504 e. The van der Waals surface area contributed by atoms with E-state index in [2.05, 4.69) is 17.3 Å². The predicted molar refractivity (Wildman–Crippen MR) is 74.5 cm³/mol. The number of phenols is 1. The van der Waals surface area contributed by atoms with Crippen LogP contribution in [0.4, 0.5) is 5.69 Å². The van der Waals surface area contributed by atoms with Gasteiger partial charge in [0, 0.05) is 36.6 Å². The number of rotatable bonds is 6. The number of phenolic OH excluding ortho intramolecular Hbond substituents is 1. The normalized spacial score (nSPS) is 10.4. The molecule has 19 heavy (non-hydrogen) atoms. The first-order valence-corrected chi connectivity index (χ1v) is 6.35. The van der Waals surface area contributed by atoms with Gasteiger partial charge in [0.2, 0.25) is 0 Å². The lowest BCUT2D eigenvalue weighted by Gasteiger charge is -2.08. The van der Waals surface area contributed by atoms with Gasteiger partial charge in [0.25, 0.3) is 0 Å². The summed E-state index contributed by atoms with van der Waals surface area (Å²) in [5.41, 5.74) is 1.96. The summed E-state index contributed by atoms with van der Waals surface area (Å²) in [7, 11) is 1.53. The first kappa shape index (κ1) is 13.3. The molecule has 0 unspecified atom stereocenters. The lowest BCUT2D eigenvalue weighted by atomic mass is 10.2. The Hall–Kier alpha value is -2.17. The Balaban J connectivity index is 1.95. The zero-order valence-electron chi connectivity index (χ0n) is 11.3. The van der Waals surface area contributed by atoms with Crippen molar-refractivity contribution < 1.29 is 9.84 Å². The Morgan fingerprint density at radius 2 is 2.26 bits per heavy atom. The van der Waals surface area contributed by atoms with Crippen molar-refractivity contribution in [3.63, 3.8) is 0 Å². The summed E-state index contributed by atoms with van der Waals surface area (Å²) in [6, 6.07) is 5.25. The van der Waals surface area contributed by atoms with Gasteiger partial charge in [0.05, 0.1) is 13.3 Å². The predicted octanol–water partition coefficient (Wildman–Crippen LogP) is 2.62. The molecule has 2 aromatic rings. The van der Waals surface area contributed by atoms with Crippen LogP contribution in [0.1, 0.15) is 18.9 Å². The summed E-state index contributed by atoms with van der Waals surface area (Å²) < 4.78 is 6.93. The number of aryl methyl sites for hydroxylation is 1. The highest BCUT2D eigenvalue weighted by Crippen LogP contribution is 2.28. The molecule has 0 saturated carbocycles. The van der Waals surface area contributed by atoms with Gasteiger partial charge in [-0.05, 0) is 18.6 Å². The molecule has 102 valence electrons. The number of ether oxygens (including phenoxy) is 1. The number of benzene rings is 1. The summed E-state index contributed by atoms with van der Waals surface area (Å²) >= 11 is 0. The van der Waals surface area contributed by atoms with Gasteiger partial charge in [-0.2, -0.15) is 5.10 Å². The molecular weight excluding hydrogens is 242 g/mol. The van der Waals surface area contributed by atoms with E-state index in [0.29, 0.717) is 12.3 Å². The third-order valence-electron chi connectivity index (χ3n) is 2.81. The largest absolute Gasteiger partial charge is 0.504 e. The molecule has 0 radical (unpaired) electrons. The number of nitrogens with zero attached hydrogens (tertiary/aromatic N) is 2. The van der Waals surface area contributed by atoms with Crippen LogP contribution in [-0.4, -0.2) is 22.0 Å². The Labute approximate surface area is 112 Å². The lowest BCUT2D eigenvalue weighted by molar-refractivity contribution is 0.373. The Kier molecular flexibility index (Phi) is 4.28. The van der Waals surface area contributed by atoms with E-state index >= 15 is 0 Å². The number of aromatic nitrogens is 2. The molecule has 0 saturated heterocycles. The molecule has 0 aliphatic rings. The van der Waals surface area contributed by atoms with Crippen LogP contribution in [0.15, 0.2) is 30.6 Å². The van der Waals surface area contributed by atoms with E-state index in [1.807, 2.05) is 23.1 Å². The molecular formula is C14H19N3O2. The Bertz CT molecular complexity index is 537. The van der Waals surface area contributed by atoms with Crippen molar-refractivity contribution in [2.75, 3.05) is 12.4 Å². The summed E-state index contributed by atoms with van der Waals surface area (Å²) in [6.45, 7) is 3.73. The van der Waals surface area contributed by atoms with Crippen LogP contribution in [-0.2, 0) is 13.1 Å². The van der Waals surface area contributed by atoms with Crippen molar-refractivity contribution in [2.45, 2.75) is 26.4 Å². The van der Waals surface area contributed by atoms with Crippen molar-refractivity contribution in [3.8, 4) is 11.5 Å². The van der Waals surface area contributed by atoms with Crippen molar-refractivity contribution in [3.05, 3.63) is 36.2 Å². The maximum atomic E-state index is 9.68. The molecule has 2 N–H and O–H groups in total. The Morgan fingerprint density at radius 1 is 1.42 bits per heavy atom. The number of aromatic hydroxyl groups is 1. The summed E-state index contributed by atoms with van der Waals surface area (Å²) in [4.78, 5) is 0. The van der Waals surface area contributed by atoms with Crippen LogP contribution in [0.2, 0.25) is 0 Å². The molecule has 0 aliphatic carbocycles. The third kappa shape index (κ3) is 3.40. The second kappa shape index (κ2) is 6.13. The molecule has 0 spiro atoms. The maximum absolute atomic E-state index is 9.68. The number of methoxy groups -OCH3 is 1. The SMILES string of the molecule is CCCn1cc(CNc2ccc(OC)c(O)c2)cn1. The molecule has 5 nitrogen and oxygen atoms in total. The van der Waals surface area contributed by atoms with Crippen LogP contribution in [0.5, 0.6) is 11.5 Å². The van der Waals surface area contributed by atoms with E-state index in [0.717, 1.165) is 24.2 Å². The number of hydrogen-bond acceptors (Lipinski definition) is 4. The molecule has 1 aromatic heterocycles. The fraction of sp³-hybridized carbons (Fsp3) is 0.357. The van der Waals surface area contributed by atoms with Crippen molar-refractivity contribution in [1.29, 1.82) is 0 Å². The lowest BCUT2D eigenvalue weighted by Crippen LogP contribution is -1.99. The molecule has 1 heterocycles. The van der Waals surface area contributed by atoms with E-state index in [1.165, 1.54) is 7.11 Å². The number of hydrogen-bond donors (Lipinski definition) is 2. The molecule has 5 heteroatoms. The van der Waals surface area contributed by atoms with E-state index in [4.69, 9.17) is 4.74 Å². The highest BCUT2D eigenvalue weighted by atomic mass is 16.5. The average Bonchev–Trinajstić information content (AvgIpc) is 2.85. The van der Waals surface area contributed by atoms with E-state index < -0.39 is 0 Å². The fourth-order valence-corrected chi connectivity index (χ4v) is 1.85. The minimum absolute atomic E-state index is 0.133. The zero-order valence-corrected chi connectivity index (χ0v) is 11.3. The highest BCUT2D eigenvalue weighted by molar-refractivity contribution is 5.54. The van der Waals surface area contributed by atoms with Crippen LogP contribution in [0.3, 0.4) is 0 Å². The maximum Gasteiger partial charge on any atom is 0.160 e. The highest BCUT2D eigenvalue weighted by Gasteiger charge is 2.03. The molecule has 0 bridgehead atoms. The quantitative estimate of drug-likeness (QED) is 0.839. The molecule has 0 aliphatic heterocycles. The molecule has 0 amide bonds. The zero-order chi connectivity index (χ0) is 13.7. The van der Waals surface area contributed by atoms with Gasteiger partial charge in [-0.3, -0.25) is 4.68 Å².